The van der Waals surface area contributed by atoms with Crippen LogP contribution in [0.4, 0.5) is 0 Å². The van der Waals surface area contributed by atoms with Gasteiger partial charge in [0.15, 0.2) is 17.6 Å². The first-order chi connectivity index (χ1) is 11.1. The molecule has 2 rings (SSSR count). The first kappa shape index (κ1) is 18.4. The summed E-state index contributed by atoms with van der Waals surface area (Å²) in [6, 6.07) is 6.19. The van der Waals surface area contributed by atoms with Crippen LogP contribution >= 0.6 is 15.9 Å². The predicted octanol–water partition coefficient (Wildman–Crippen LogP) is 3.10. The number of nitrogens with zero attached hydrogens (tertiary/aromatic N) is 4. The monoisotopic (exact) mass is 396 g/mol. The molecule has 0 spiro atoms. The third-order valence-corrected chi connectivity index (χ3v) is 4.04. The molecule has 1 aliphatic heterocycles. The highest BCUT2D eigenvalue weighted by Crippen LogP contribution is 2.27. The zero-order valence-electron chi connectivity index (χ0n) is 14.3. The van der Waals surface area contributed by atoms with Gasteiger partial charge in [0, 0.05) is 16.9 Å². The third-order valence-electron chi connectivity index (χ3n) is 3.51. The maximum atomic E-state index is 12.3. The molecule has 1 atom stereocenters. The molecule has 0 saturated heterocycles. The number of carbonyl (C=O) groups is 1. The maximum Gasteiger partial charge on any atom is 0.273 e. The Morgan fingerprint density at radius 3 is 2.50 bits per heavy atom. The number of benzene rings is 1. The number of hydroxylamine groups is 2. The Balaban J connectivity index is 2.18. The normalized spacial score (nSPS) is 18.7. The zero-order valence-corrected chi connectivity index (χ0v) is 15.9. The lowest BCUT2D eigenvalue weighted by atomic mass is 9.85. The Morgan fingerprint density at radius 1 is 1.38 bits per heavy atom. The van der Waals surface area contributed by atoms with E-state index in [2.05, 4.69) is 26.2 Å². The Kier molecular flexibility index (Phi) is 5.29. The van der Waals surface area contributed by atoms with E-state index in [0.29, 0.717) is 11.5 Å². The molecule has 1 N–H and O–H groups in total. The molecule has 1 amide bonds. The number of hydrogen-bond acceptors (Lipinski definition) is 5. The summed E-state index contributed by atoms with van der Waals surface area (Å²) in [5.74, 6) is 0.356. The van der Waals surface area contributed by atoms with Gasteiger partial charge in [0.1, 0.15) is 0 Å². The van der Waals surface area contributed by atoms with Crippen molar-refractivity contribution in [1.82, 2.24) is 10.1 Å². The minimum Gasteiger partial charge on any atom is -0.355 e. The van der Waals surface area contributed by atoms with Gasteiger partial charge in [-0.2, -0.15) is 5.10 Å². The lowest BCUT2D eigenvalue weighted by molar-refractivity contribution is -0.138. The van der Waals surface area contributed by atoms with Gasteiger partial charge in [-0.15, -0.1) is 0 Å². The summed E-state index contributed by atoms with van der Waals surface area (Å²) in [5.41, 5.74) is 0.189. The second-order valence-corrected chi connectivity index (χ2v) is 7.44. The smallest absolute Gasteiger partial charge is 0.273 e. The maximum absolute atomic E-state index is 12.3. The molecule has 1 aliphatic rings. The molecular weight excluding hydrogens is 376 g/mol. The van der Waals surface area contributed by atoms with Crippen molar-refractivity contribution in [2.45, 2.75) is 33.7 Å². The lowest BCUT2D eigenvalue weighted by Gasteiger charge is -2.28. The summed E-state index contributed by atoms with van der Waals surface area (Å²) < 4.78 is 0.921. The summed E-state index contributed by atoms with van der Waals surface area (Å²) in [4.78, 5) is 17.6. The van der Waals surface area contributed by atoms with E-state index in [4.69, 9.17) is 4.84 Å². The van der Waals surface area contributed by atoms with Crippen LogP contribution < -0.4 is 4.84 Å². The topological polar surface area (TPSA) is 77.7 Å². The Hall–Kier alpha value is -1.93. The summed E-state index contributed by atoms with van der Waals surface area (Å²) in [7, 11) is 1.56. The largest absolute Gasteiger partial charge is 0.355 e. The fraction of sp³-hybridized carbons (Fsp3) is 0.438. The number of rotatable bonds is 3. The Morgan fingerprint density at radius 2 is 1.96 bits per heavy atom. The predicted molar refractivity (Wildman–Crippen MR) is 95.0 cm³/mol. The van der Waals surface area contributed by atoms with Gasteiger partial charge >= 0.3 is 0 Å². The minimum atomic E-state index is -0.910. The van der Waals surface area contributed by atoms with Crippen LogP contribution in [-0.2, 0) is 4.79 Å². The summed E-state index contributed by atoms with van der Waals surface area (Å²) in [6.45, 7) is 7.36. The molecule has 130 valence electrons. The van der Waals surface area contributed by atoms with Crippen LogP contribution in [-0.4, -0.2) is 45.8 Å². The first-order valence-electron chi connectivity index (χ1n) is 7.43. The van der Waals surface area contributed by atoms with E-state index in [-0.39, 0.29) is 17.2 Å². The molecule has 1 unspecified atom stereocenters. The van der Waals surface area contributed by atoms with Crippen LogP contribution in [0.3, 0.4) is 0 Å². The molecule has 0 aromatic heterocycles. The van der Waals surface area contributed by atoms with E-state index in [1.165, 1.54) is 5.01 Å². The van der Waals surface area contributed by atoms with E-state index in [1.807, 2.05) is 32.9 Å². The van der Waals surface area contributed by atoms with E-state index in [1.54, 1.807) is 26.1 Å². The van der Waals surface area contributed by atoms with Gasteiger partial charge in [-0.25, -0.2) is 10.1 Å². The van der Waals surface area contributed by atoms with Gasteiger partial charge in [0.25, 0.3) is 5.91 Å². The van der Waals surface area contributed by atoms with E-state index >= 15 is 0 Å². The Bertz CT molecular complexity index is 680. The van der Waals surface area contributed by atoms with Crippen molar-refractivity contribution >= 4 is 33.4 Å². The molecule has 24 heavy (non-hydrogen) atoms. The highest BCUT2D eigenvalue weighted by Gasteiger charge is 2.44. The van der Waals surface area contributed by atoms with Crippen molar-refractivity contribution in [3.8, 4) is 5.75 Å². The molecule has 1 aromatic rings. The number of hydrazone groups is 1. The van der Waals surface area contributed by atoms with Crippen molar-refractivity contribution in [1.29, 1.82) is 0 Å². The van der Waals surface area contributed by atoms with Crippen LogP contribution in [0.1, 0.15) is 27.7 Å². The molecule has 7 nitrogen and oxygen atoms in total. The van der Waals surface area contributed by atoms with Crippen molar-refractivity contribution < 1.29 is 14.8 Å². The van der Waals surface area contributed by atoms with Crippen molar-refractivity contribution in [2.24, 2.45) is 15.7 Å². The molecule has 0 saturated carbocycles. The molecule has 8 heteroatoms. The fourth-order valence-corrected chi connectivity index (χ4v) is 2.45. The number of halogens is 1. The van der Waals surface area contributed by atoms with Crippen molar-refractivity contribution in [3.05, 3.63) is 28.7 Å². The molecule has 1 aromatic carbocycles. The SMILES string of the molecule is CC(=NOc1ccc(Br)cc1)N(O)C1C(=O)N(C)N=C1C(C)(C)C. The number of oxime groups is 1. The number of amidine groups is 1. The molecule has 1 heterocycles. The third kappa shape index (κ3) is 3.93. The van der Waals surface area contributed by atoms with E-state index in [9.17, 15) is 10.0 Å². The van der Waals surface area contributed by atoms with Crippen LogP contribution in [0.2, 0.25) is 0 Å². The van der Waals surface area contributed by atoms with Crippen molar-refractivity contribution in [2.75, 3.05) is 7.05 Å². The second kappa shape index (κ2) is 6.90. The molecular formula is C16H21BrN4O3. The highest BCUT2D eigenvalue weighted by atomic mass is 79.9. The van der Waals surface area contributed by atoms with E-state index in [0.717, 1.165) is 9.54 Å². The van der Waals surface area contributed by atoms with Gasteiger partial charge in [-0.3, -0.25) is 10.0 Å². The quantitative estimate of drug-likeness (QED) is 0.483. The zero-order chi connectivity index (χ0) is 18.1. The van der Waals surface area contributed by atoms with Gasteiger partial charge in [0.05, 0.1) is 5.71 Å². The number of hydrogen-bond donors (Lipinski definition) is 1. The van der Waals surface area contributed by atoms with Gasteiger partial charge in [0.2, 0.25) is 0 Å². The number of likely N-dealkylation sites (N-methyl/N-ethyl adjacent to an activating group) is 1. The van der Waals surface area contributed by atoms with Crippen molar-refractivity contribution in [3.63, 3.8) is 0 Å². The summed E-state index contributed by atoms with van der Waals surface area (Å²) in [5, 5.41) is 20.6. The van der Waals surface area contributed by atoms with E-state index < -0.39 is 6.04 Å². The Labute approximate surface area is 149 Å². The van der Waals surface area contributed by atoms with Crippen LogP contribution in [0.15, 0.2) is 39.0 Å². The highest BCUT2D eigenvalue weighted by molar-refractivity contribution is 9.10. The minimum absolute atomic E-state index is 0.156. The average molecular weight is 397 g/mol. The number of carbonyl (C=O) groups excluding carboxylic acids is 1. The fourth-order valence-electron chi connectivity index (χ4n) is 2.18. The van der Waals surface area contributed by atoms with Crippen LogP contribution in [0.5, 0.6) is 5.75 Å². The molecule has 0 aliphatic carbocycles. The summed E-state index contributed by atoms with van der Waals surface area (Å²) in [6.07, 6.45) is 0. The lowest BCUT2D eigenvalue weighted by Crippen LogP contribution is -2.49. The molecule has 0 bridgehead atoms. The van der Waals surface area contributed by atoms with Crippen LogP contribution in [0.25, 0.3) is 0 Å². The molecule has 0 radical (unpaired) electrons. The second-order valence-electron chi connectivity index (χ2n) is 6.53. The van der Waals surface area contributed by atoms with Crippen LogP contribution in [0, 0.1) is 5.41 Å². The molecule has 0 fully saturated rings. The standard InChI is InChI=1S/C16H21BrN4O3/c1-10(19-24-12-8-6-11(17)7-9-12)21(23)13-14(16(2,3)4)18-20(5)15(13)22/h6-9,13,23H,1-5H3. The van der Waals surface area contributed by atoms with Gasteiger partial charge < -0.3 is 4.84 Å². The first-order valence-corrected chi connectivity index (χ1v) is 8.22. The number of amides is 1. The summed E-state index contributed by atoms with van der Waals surface area (Å²) >= 11 is 3.34. The van der Waals surface area contributed by atoms with Gasteiger partial charge in [-0.05, 0) is 31.2 Å². The van der Waals surface area contributed by atoms with Gasteiger partial charge in [-0.1, -0.05) is 41.9 Å². The average Bonchev–Trinajstić information content (AvgIpc) is 2.81.